The van der Waals surface area contributed by atoms with Gasteiger partial charge in [0.05, 0.1) is 6.04 Å². The van der Waals surface area contributed by atoms with Gasteiger partial charge in [-0.15, -0.1) is 0 Å². The van der Waals surface area contributed by atoms with Crippen molar-refractivity contribution in [1.82, 2.24) is 5.32 Å². The van der Waals surface area contributed by atoms with Crippen LogP contribution < -0.4 is 11.1 Å². The van der Waals surface area contributed by atoms with Gasteiger partial charge in [0.1, 0.15) is 0 Å². The van der Waals surface area contributed by atoms with Crippen molar-refractivity contribution >= 4 is 5.91 Å². The van der Waals surface area contributed by atoms with Crippen LogP contribution in [0, 0.1) is 5.41 Å². The summed E-state index contributed by atoms with van der Waals surface area (Å²) >= 11 is 0. The van der Waals surface area contributed by atoms with Gasteiger partial charge in [0.25, 0.3) is 0 Å². The Morgan fingerprint density at radius 2 is 2.00 bits per heavy atom. The molecule has 0 rings (SSSR count). The van der Waals surface area contributed by atoms with E-state index in [0.29, 0.717) is 6.42 Å². The SMILES string of the molecule is CC[C@H](N)C(=O)NCCC(C)(C)C. The fraction of sp³-hybridized carbons (Fsp3) is 0.900. The maximum Gasteiger partial charge on any atom is 0.236 e. The molecule has 0 heterocycles. The molecule has 0 aromatic rings. The third-order valence-corrected chi connectivity index (χ3v) is 1.95. The molecule has 3 heteroatoms. The minimum absolute atomic E-state index is 0.0354. The van der Waals surface area contributed by atoms with Crippen molar-refractivity contribution in [2.45, 2.75) is 46.6 Å². The summed E-state index contributed by atoms with van der Waals surface area (Å²) in [6.07, 6.45) is 1.68. The quantitative estimate of drug-likeness (QED) is 0.695. The van der Waals surface area contributed by atoms with Crippen LogP contribution in [0.25, 0.3) is 0 Å². The first-order chi connectivity index (χ1) is 5.87. The minimum atomic E-state index is -0.347. The van der Waals surface area contributed by atoms with E-state index >= 15 is 0 Å². The summed E-state index contributed by atoms with van der Waals surface area (Å²) < 4.78 is 0. The lowest BCUT2D eigenvalue weighted by molar-refractivity contribution is -0.122. The second kappa shape index (κ2) is 5.22. The molecule has 1 atom stereocenters. The zero-order chi connectivity index (χ0) is 10.5. The van der Waals surface area contributed by atoms with Crippen LogP contribution in [0.5, 0.6) is 0 Å². The fourth-order valence-electron chi connectivity index (χ4n) is 0.877. The topological polar surface area (TPSA) is 55.1 Å². The molecule has 0 unspecified atom stereocenters. The van der Waals surface area contributed by atoms with Crippen LogP contribution in [0.3, 0.4) is 0 Å². The molecule has 0 radical (unpaired) electrons. The predicted octanol–water partition coefficient (Wildman–Crippen LogP) is 1.28. The van der Waals surface area contributed by atoms with Crippen molar-refractivity contribution in [2.24, 2.45) is 11.1 Å². The smallest absolute Gasteiger partial charge is 0.236 e. The zero-order valence-corrected chi connectivity index (χ0v) is 9.18. The fourth-order valence-corrected chi connectivity index (χ4v) is 0.877. The molecule has 13 heavy (non-hydrogen) atoms. The summed E-state index contributed by atoms with van der Waals surface area (Å²) in [6, 6.07) is -0.347. The van der Waals surface area contributed by atoms with Crippen LogP contribution in [-0.2, 0) is 4.79 Å². The molecule has 3 nitrogen and oxygen atoms in total. The van der Waals surface area contributed by atoms with Crippen LogP contribution >= 0.6 is 0 Å². The summed E-state index contributed by atoms with van der Waals surface area (Å²) in [5, 5.41) is 2.83. The standard InChI is InChI=1S/C10H22N2O/c1-5-8(11)9(13)12-7-6-10(2,3)4/h8H,5-7,11H2,1-4H3,(H,12,13)/t8-/m0/s1. The van der Waals surface area contributed by atoms with Gasteiger partial charge < -0.3 is 11.1 Å². The maximum atomic E-state index is 11.2. The van der Waals surface area contributed by atoms with E-state index in [0.717, 1.165) is 13.0 Å². The second-order valence-corrected chi connectivity index (χ2v) is 4.62. The number of rotatable bonds is 4. The predicted molar refractivity (Wildman–Crippen MR) is 55.3 cm³/mol. The lowest BCUT2D eigenvalue weighted by Crippen LogP contribution is -2.41. The molecule has 0 aromatic carbocycles. The number of nitrogens with one attached hydrogen (secondary N) is 1. The largest absolute Gasteiger partial charge is 0.355 e. The molecule has 0 aromatic heterocycles. The van der Waals surface area contributed by atoms with E-state index in [1.54, 1.807) is 0 Å². The monoisotopic (exact) mass is 186 g/mol. The molecule has 0 bridgehead atoms. The Kier molecular flexibility index (Phi) is 4.99. The number of carbonyl (C=O) groups excluding carboxylic acids is 1. The number of hydrogen-bond acceptors (Lipinski definition) is 2. The van der Waals surface area contributed by atoms with E-state index in [9.17, 15) is 4.79 Å². The Morgan fingerprint density at radius 1 is 1.46 bits per heavy atom. The highest BCUT2D eigenvalue weighted by atomic mass is 16.2. The highest BCUT2D eigenvalue weighted by Gasteiger charge is 2.13. The first kappa shape index (κ1) is 12.4. The zero-order valence-electron chi connectivity index (χ0n) is 9.18. The Hall–Kier alpha value is -0.570. The van der Waals surface area contributed by atoms with E-state index in [2.05, 4.69) is 26.1 Å². The van der Waals surface area contributed by atoms with E-state index in [-0.39, 0.29) is 17.4 Å². The highest BCUT2D eigenvalue weighted by Crippen LogP contribution is 2.16. The van der Waals surface area contributed by atoms with Crippen molar-refractivity contribution < 1.29 is 4.79 Å². The van der Waals surface area contributed by atoms with Gasteiger partial charge in [0, 0.05) is 6.54 Å². The number of hydrogen-bond donors (Lipinski definition) is 2. The van der Waals surface area contributed by atoms with Gasteiger partial charge in [-0.3, -0.25) is 4.79 Å². The van der Waals surface area contributed by atoms with Gasteiger partial charge >= 0.3 is 0 Å². The van der Waals surface area contributed by atoms with Gasteiger partial charge in [0.15, 0.2) is 0 Å². The van der Waals surface area contributed by atoms with Crippen LogP contribution in [-0.4, -0.2) is 18.5 Å². The van der Waals surface area contributed by atoms with Crippen LogP contribution in [0.15, 0.2) is 0 Å². The van der Waals surface area contributed by atoms with Gasteiger partial charge in [-0.2, -0.15) is 0 Å². The first-order valence-electron chi connectivity index (χ1n) is 4.90. The molecule has 78 valence electrons. The number of amides is 1. The average Bonchev–Trinajstić information content (AvgIpc) is 2.00. The maximum absolute atomic E-state index is 11.2. The summed E-state index contributed by atoms with van der Waals surface area (Å²) in [5.41, 5.74) is 5.82. The van der Waals surface area contributed by atoms with E-state index in [4.69, 9.17) is 5.73 Å². The Balaban J connectivity index is 3.60. The van der Waals surface area contributed by atoms with Gasteiger partial charge in [-0.25, -0.2) is 0 Å². The van der Waals surface area contributed by atoms with E-state index < -0.39 is 0 Å². The summed E-state index contributed by atoms with van der Waals surface area (Å²) in [4.78, 5) is 11.2. The van der Waals surface area contributed by atoms with Crippen molar-refractivity contribution in [3.63, 3.8) is 0 Å². The third-order valence-electron chi connectivity index (χ3n) is 1.95. The lowest BCUT2D eigenvalue weighted by atomic mass is 9.92. The van der Waals surface area contributed by atoms with Crippen molar-refractivity contribution in [2.75, 3.05) is 6.54 Å². The third kappa shape index (κ3) is 6.58. The number of carbonyl (C=O) groups is 1. The Labute approximate surface area is 81.1 Å². The van der Waals surface area contributed by atoms with Gasteiger partial charge in [-0.05, 0) is 18.3 Å². The molecular formula is C10H22N2O. The Morgan fingerprint density at radius 3 is 2.38 bits per heavy atom. The summed E-state index contributed by atoms with van der Waals surface area (Å²) in [7, 11) is 0. The van der Waals surface area contributed by atoms with Crippen LogP contribution in [0.1, 0.15) is 40.5 Å². The van der Waals surface area contributed by atoms with E-state index in [1.165, 1.54) is 0 Å². The molecule has 1 amide bonds. The summed E-state index contributed by atoms with van der Waals surface area (Å²) in [6.45, 7) is 9.08. The molecule has 0 saturated carbocycles. The molecule has 0 fully saturated rings. The summed E-state index contributed by atoms with van der Waals surface area (Å²) in [5.74, 6) is -0.0354. The second-order valence-electron chi connectivity index (χ2n) is 4.62. The molecular weight excluding hydrogens is 164 g/mol. The molecule has 0 aliphatic carbocycles. The highest BCUT2D eigenvalue weighted by molar-refractivity contribution is 5.81. The van der Waals surface area contributed by atoms with Gasteiger partial charge in [0.2, 0.25) is 5.91 Å². The Bertz CT molecular complexity index is 161. The molecule has 0 saturated heterocycles. The van der Waals surface area contributed by atoms with Crippen LogP contribution in [0.2, 0.25) is 0 Å². The van der Waals surface area contributed by atoms with Crippen molar-refractivity contribution in [1.29, 1.82) is 0 Å². The normalized spacial score (nSPS) is 13.9. The first-order valence-corrected chi connectivity index (χ1v) is 4.90. The lowest BCUT2D eigenvalue weighted by Gasteiger charge is -2.18. The molecule has 0 aliphatic rings. The van der Waals surface area contributed by atoms with Crippen molar-refractivity contribution in [3.8, 4) is 0 Å². The average molecular weight is 186 g/mol. The molecule has 3 N–H and O–H groups in total. The minimum Gasteiger partial charge on any atom is -0.355 e. The van der Waals surface area contributed by atoms with Crippen molar-refractivity contribution in [3.05, 3.63) is 0 Å². The van der Waals surface area contributed by atoms with E-state index in [1.807, 2.05) is 6.92 Å². The number of nitrogens with two attached hydrogens (primary N) is 1. The van der Waals surface area contributed by atoms with Crippen LogP contribution in [0.4, 0.5) is 0 Å². The molecule has 0 spiro atoms. The van der Waals surface area contributed by atoms with Gasteiger partial charge in [-0.1, -0.05) is 27.7 Å². The molecule has 0 aliphatic heterocycles.